The Morgan fingerprint density at radius 1 is 1.12 bits per heavy atom. The molecule has 2 rings (SSSR count). The number of nitrogens with zero attached hydrogens (tertiary/aromatic N) is 1. The van der Waals surface area contributed by atoms with Crippen molar-refractivity contribution in [1.29, 1.82) is 0 Å². The van der Waals surface area contributed by atoms with Gasteiger partial charge in [-0.2, -0.15) is 13.2 Å². The molecule has 0 unspecified atom stereocenters. The molecule has 0 saturated heterocycles. The molecular weight excluding hydrogens is 323 g/mol. The van der Waals surface area contributed by atoms with Crippen molar-refractivity contribution in [3.05, 3.63) is 41.6 Å². The lowest BCUT2D eigenvalue weighted by atomic mass is 10.1. The molecule has 2 aromatic rings. The predicted molar refractivity (Wildman–Crippen MR) is 85.4 cm³/mol. The van der Waals surface area contributed by atoms with Crippen molar-refractivity contribution >= 4 is 11.5 Å². The van der Waals surface area contributed by atoms with E-state index in [2.05, 4.69) is 10.3 Å². The second-order valence-electron chi connectivity index (χ2n) is 5.02. The molecule has 0 bridgehead atoms. The van der Waals surface area contributed by atoms with Gasteiger partial charge in [0.05, 0.1) is 25.5 Å². The van der Waals surface area contributed by atoms with Gasteiger partial charge >= 0.3 is 6.18 Å². The van der Waals surface area contributed by atoms with Crippen molar-refractivity contribution in [2.24, 2.45) is 0 Å². The zero-order chi connectivity index (χ0) is 17.7. The van der Waals surface area contributed by atoms with Gasteiger partial charge in [0.2, 0.25) is 0 Å². The first-order chi connectivity index (χ1) is 11.3. The van der Waals surface area contributed by atoms with E-state index in [4.69, 9.17) is 15.2 Å². The van der Waals surface area contributed by atoms with E-state index in [0.29, 0.717) is 24.5 Å². The van der Waals surface area contributed by atoms with E-state index >= 15 is 0 Å². The smallest absolute Gasteiger partial charge is 0.417 e. The summed E-state index contributed by atoms with van der Waals surface area (Å²) >= 11 is 0. The van der Waals surface area contributed by atoms with Crippen molar-refractivity contribution < 1.29 is 22.6 Å². The monoisotopic (exact) mass is 341 g/mol. The van der Waals surface area contributed by atoms with Crippen LogP contribution in [0.2, 0.25) is 0 Å². The number of nitrogens with two attached hydrogens (primary N) is 1. The number of nitrogens with one attached hydrogen (secondary N) is 1. The number of rotatable bonds is 6. The Hall–Kier alpha value is -2.64. The molecule has 8 heteroatoms. The normalized spacial score (nSPS) is 11.2. The van der Waals surface area contributed by atoms with Crippen LogP contribution >= 0.6 is 0 Å². The van der Waals surface area contributed by atoms with Crippen LogP contribution in [0.5, 0.6) is 11.5 Å². The van der Waals surface area contributed by atoms with Crippen LogP contribution in [0.15, 0.2) is 30.5 Å². The van der Waals surface area contributed by atoms with E-state index < -0.39 is 11.7 Å². The Kier molecular flexibility index (Phi) is 5.38. The van der Waals surface area contributed by atoms with Crippen molar-refractivity contribution in [1.82, 2.24) is 4.98 Å². The number of anilines is 2. The fourth-order valence-corrected chi connectivity index (χ4v) is 2.15. The number of hydrogen-bond donors (Lipinski definition) is 2. The standard InChI is InChI=1S/C16H18F3N3O2/c1-23-13-4-3-10(7-14(13)24-2)5-6-21-12-8-11(16(17,18)19)9-22-15(12)20/h3-4,7-9,21H,5-6H2,1-2H3,(H2,20,22). The maximum atomic E-state index is 12.7. The van der Waals surface area contributed by atoms with Crippen LogP contribution in [0.25, 0.3) is 0 Å². The molecule has 1 heterocycles. The first kappa shape index (κ1) is 17.7. The van der Waals surface area contributed by atoms with Gasteiger partial charge in [-0.05, 0) is 30.2 Å². The van der Waals surface area contributed by atoms with Crippen LogP contribution in [0.3, 0.4) is 0 Å². The van der Waals surface area contributed by atoms with Crippen molar-refractivity contribution in [3.8, 4) is 11.5 Å². The Bertz CT molecular complexity index is 705. The number of nitrogen functional groups attached to an aromatic ring is 1. The summed E-state index contributed by atoms with van der Waals surface area (Å²) in [4.78, 5) is 3.58. The van der Waals surface area contributed by atoms with Crippen molar-refractivity contribution in [2.75, 3.05) is 31.8 Å². The molecule has 0 radical (unpaired) electrons. The Morgan fingerprint density at radius 2 is 1.83 bits per heavy atom. The van der Waals surface area contributed by atoms with E-state index in [9.17, 15) is 13.2 Å². The van der Waals surface area contributed by atoms with E-state index in [-0.39, 0.29) is 11.5 Å². The number of methoxy groups -OCH3 is 2. The summed E-state index contributed by atoms with van der Waals surface area (Å²) in [5.41, 5.74) is 5.88. The van der Waals surface area contributed by atoms with Gasteiger partial charge in [-0.1, -0.05) is 6.07 Å². The Labute approximate surface area is 137 Å². The zero-order valence-electron chi connectivity index (χ0n) is 13.3. The molecule has 130 valence electrons. The molecule has 3 N–H and O–H groups in total. The van der Waals surface area contributed by atoms with E-state index in [0.717, 1.165) is 17.8 Å². The largest absolute Gasteiger partial charge is 0.493 e. The summed E-state index contributed by atoms with van der Waals surface area (Å²) in [7, 11) is 3.08. The van der Waals surface area contributed by atoms with Gasteiger partial charge in [-0.3, -0.25) is 0 Å². The summed E-state index contributed by atoms with van der Waals surface area (Å²) in [6.07, 6.45) is -3.18. The van der Waals surface area contributed by atoms with Gasteiger partial charge in [-0.25, -0.2) is 4.98 Å². The summed E-state index contributed by atoms with van der Waals surface area (Å²) in [5, 5.41) is 2.88. The van der Waals surface area contributed by atoms with Gasteiger partial charge < -0.3 is 20.5 Å². The number of ether oxygens (including phenoxy) is 2. The third kappa shape index (κ3) is 4.21. The van der Waals surface area contributed by atoms with Gasteiger partial charge in [0.25, 0.3) is 0 Å². The highest BCUT2D eigenvalue weighted by atomic mass is 19.4. The molecule has 1 aromatic heterocycles. The fraction of sp³-hybridized carbons (Fsp3) is 0.312. The van der Waals surface area contributed by atoms with E-state index in [1.165, 1.54) is 7.11 Å². The second-order valence-corrected chi connectivity index (χ2v) is 5.02. The average Bonchev–Trinajstić information content (AvgIpc) is 2.55. The fourth-order valence-electron chi connectivity index (χ4n) is 2.15. The molecule has 1 aromatic carbocycles. The molecule has 0 spiro atoms. The summed E-state index contributed by atoms with van der Waals surface area (Å²) in [6.45, 7) is 0.392. The minimum atomic E-state index is -4.46. The van der Waals surface area contributed by atoms with Crippen LogP contribution in [-0.2, 0) is 12.6 Å². The predicted octanol–water partition coefficient (Wildman–Crippen LogP) is 3.35. The third-order valence-electron chi connectivity index (χ3n) is 3.42. The maximum Gasteiger partial charge on any atom is 0.417 e. The van der Waals surface area contributed by atoms with Crippen LogP contribution in [-0.4, -0.2) is 25.7 Å². The third-order valence-corrected chi connectivity index (χ3v) is 3.42. The quantitative estimate of drug-likeness (QED) is 0.843. The number of hydrogen-bond acceptors (Lipinski definition) is 5. The summed E-state index contributed by atoms with van der Waals surface area (Å²) in [6, 6.07) is 6.40. The zero-order valence-corrected chi connectivity index (χ0v) is 13.3. The molecule has 5 nitrogen and oxygen atoms in total. The molecule has 0 aliphatic rings. The maximum absolute atomic E-state index is 12.7. The Balaban J connectivity index is 2.04. The van der Waals surface area contributed by atoms with Gasteiger partial charge in [0.15, 0.2) is 11.5 Å². The first-order valence-electron chi connectivity index (χ1n) is 7.12. The van der Waals surface area contributed by atoms with Crippen LogP contribution in [0.1, 0.15) is 11.1 Å². The topological polar surface area (TPSA) is 69.4 Å². The SMILES string of the molecule is COc1ccc(CCNc2cc(C(F)(F)F)cnc2N)cc1OC. The lowest BCUT2D eigenvalue weighted by molar-refractivity contribution is -0.137. The van der Waals surface area contributed by atoms with Crippen LogP contribution in [0.4, 0.5) is 24.7 Å². The molecule has 0 aliphatic heterocycles. The molecule has 0 atom stereocenters. The summed E-state index contributed by atoms with van der Waals surface area (Å²) in [5.74, 6) is 1.23. The molecule has 0 amide bonds. The van der Waals surface area contributed by atoms with Crippen molar-refractivity contribution in [2.45, 2.75) is 12.6 Å². The highest BCUT2D eigenvalue weighted by molar-refractivity contribution is 5.62. The van der Waals surface area contributed by atoms with Crippen LogP contribution < -0.4 is 20.5 Å². The molecular formula is C16H18F3N3O2. The number of halogens is 3. The molecule has 24 heavy (non-hydrogen) atoms. The van der Waals surface area contributed by atoms with Gasteiger partial charge in [-0.15, -0.1) is 0 Å². The number of pyridine rings is 1. The van der Waals surface area contributed by atoms with Gasteiger partial charge in [0, 0.05) is 12.7 Å². The van der Waals surface area contributed by atoms with E-state index in [1.54, 1.807) is 13.2 Å². The minimum absolute atomic E-state index is 0.0234. The lowest BCUT2D eigenvalue weighted by Crippen LogP contribution is -2.11. The number of alkyl halides is 3. The molecule has 0 fully saturated rings. The first-order valence-corrected chi connectivity index (χ1v) is 7.12. The minimum Gasteiger partial charge on any atom is -0.493 e. The highest BCUT2D eigenvalue weighted by Crippen LogP contribution is 2.32. The Morgan fingerprint density at radius 3 is 2.46 bits per heavy atom. The number of aromatic nitrogens is 1. The number of benzene rings is 1. The molecule has 0 aliphatic carbocycles. The second kappa shape index (κ2) is 7.29. The van der Waals surface area contributed by atoms with Crippen LogP contribution in [0, 0.1) is 0 Å². The van der Waals surface area contributed by atoms with E-state index in [1.807, 2.05) is 12.1 Å². The van der Waals surface area contributed by atoms with Gasteiger partial charge in [0.1, 0.15) is 5.82 Å². The summed E-state index contributed by atoms with van der Waals surface area (Å²) < 4.78 is 48.5. The van der Waals surface area contributed by atoms with Crippen molar-refractivity contribution in [3.63, 3.8) is 0 Å². The molecule has 0 saturated carbocycles. The average molecular weight is 341 g/mol. The highest BCUT2D eigenvalue weighted by Gasteiger charge is 2.31. The lowest BCUT2D eigenvalue weighted by Gasteiger charge is -2.13.